The first-order chi connectivity index (χ1) is 8.16. The fourth-order valence-electron chi connectivity index (χ4n) is 1.92. The van der Waals surface area contributed by atoms with Crippen LogP contribution in [0.1, 0.15) is 10.4 Å². The third-order valence-electron chi connectivity index (χ3n) is 2.75. The van der Waals surface area contributed by atoms with Crippen LogP contribution in [-0.2, 0) is 0 Å². The Morgan fingerprint density at radius 2 is 2.18 bits per heavy atom. The van der Waals surface area contributed by atoms with Crippen LogP contribution < -0.4 is 0 Å². The van der Waals surface area contributed by atoms with Gasteiger partial charge < -0.3 is 0 Å². The van der Waals surface area contributed by atoms with Crippen LogP contribution in [0.2, 0.25) is 0 Å². The molecule has 0 bridgehead atoms. The van der Waals surface area contributed by atoms with Gasteiger partial charge in [0.25, 0.3) is 5.69 Å². The van der Waals surface area contributed by atoms with E-state index in [1.54, 1.807) is 17.8 Å². The monoisotopic (exact) mass is 265 g/mol. The number of carbonyl (C=O) groups excluding carboxylic acids is 1. The minimum atomic E-state index is -0.468. The van der Waals surface area contributed by atoms with Crippen LogP contribution >= 0.6 is 23.5 Å². The number of fused-ring (bicyclic) bond motifs is 2. The van der Waals surface area contributed by atoms with Crippen molar-refractivity contribution in [3.8, 4) is 0 Å². The van der Waals surface area contributed by atoms with Crippen LogP contribution in [-0.4, -0.2) is 21.2 Å². The smallest absolute Gasteiger partial charge is 0.270 e. The maximum Gasteiger partial charge on any atom is 0.270 e. The Kier molecular flexibility index (Phi) is 2.48. The Morgan fingerprint density at radius 3 is 2.94 bits per heavy atom. The van der Waals surface area contributed by atoms with E-state index in [0.717, 1.165) is 4.90 Å². The molecule has 86 valence electrons. The summed E-state index contributed by atoms with van der Waals surface area (Å²) in [7, 11) is 0. The highest BCUT2D eigenvalue weighted by molar-refractivity contribution is 8.07. The second kappa shape index (κ2) is 3.89. The molecule has 3 rings (SSSR count). The number of nitro benzene ring substituents is 1. The number of non-ortho nitro benzene ring substituents is 1. The molecule has 0 radical (unpaired) electrons. The van der Waals surface area contributed by atoms with Gasteiger partial charge in [0.2, 0.25) is 0 Å². The SMILES string of the molecule is O=C1c2cc([N+](=O)[O-])ccc2SC2C=CSC12. The normalized spacial score (nSPS) is 25.5. The fraction of sp³-hybridized carbons (Fsp3) is 0.182. The molecule has 1 aromatic carbocycles. The minimum Gasteiger partial charge on any atom is -0.293 e. The van der Waals surface area contributed by atoms with Gasteiger partial charge in [0.1, 0.15) is 0 Å². The second-order valence-corrected chi connectivity index (χ2v) is 6.04. The van der Waals surface area contributed by atoms with Gasteiger partial charge in [0, 0.05) is 27.8 Å². The molecule has 0 fully saturated rings. The Hall–Kier alpha value is -1.27. The highest BCUT2D eigenvalue weighted by atomic mass is 32.2. The highest BCUT2D eigenvalue weighted by Crippen LogP contribution is 2.45. The number of hydrogen-bond donors (Lipinski definition) is 0. The van der Waals surface area contributed by atoms with Crippen LogP contribution in [0, 0.1) is 10.1 Å². The van der Waals surface area contributed by atoms with E-state index in [1.807, 2.05) is 11.5 Å². The van der Waals surface area contributed by atoms with Gasteiger partial charge in [-0.15, -0.1) is 23.5 Å². The molecule has 0 amide bonds. The van der Waals surface area contributed by atoms with Crippen molar-refractivity contribution in [1.82, 2.24) is 0 Å². The van der Waals surface area contributed by atoms with Crippen molar-refractivity contribution < 1.29 is 9.72 Å². The molecule has 2 atom stereocenters. The Morgan fingerprint density at radius 1 is 1.35 bits per heavy atom. The van der Waals surface area contributed by atoms with Gasteiger partial charge in [-0.25, -0.2) is 0 Å². The molecule has 17 heavy (non-hydrogen) atoms. The number of benzene rings is 1. The predicted molar refractivity (Wildman–Crippen MR) is 67.6 cm³/mol. The van der Waals surface area contributed by atoms with Crippen molar-refractivity contribution in [2.75, 3.05) is 0 Å². The molecular weight excluding hydrogens is 258 g/mol. The van der Waals surface area contributed by atoms with Gasteiger partial charge in [0.15, 0.2) is 5.78 Å². The Balaban J connectivity index is 2.07. The summed E-state index contributed by atoms with van der Waals surface area (Å²) in [6.45, 7) is 0. The van der Waals surface area contributed by atoms with E-state index in [9.17, 15) is 14.9 Å². The molecule has 6 heteroatoms. The topological polar surface area (TPSA) is 60.2 Å². The van der Waals surface area contributed by atoms with Crippen molar-refractivity contribution in [1.29, 1.82) is 0 Å². The van der Waals surface area contributed by atoms with E-state index in [-0.39, 0.29) is 22.0 Å². The molecule has 0 aliphatic carbocycles. The summed E-state index contributed by atoms with van der Waals surface area (Å²) in [5, 5.41) is 12.7. The van der Waals surface area contributed by atoms with Gasteiger partial charge in [-0.1, -0.05) is 6.08 Å². The van der Waals surface area contributed by atoms with E-state index in [4.69, 9.17) is 0 Å². The van der Waals surface area contributed by atoms with Crippen LogP contribution in [0.25, 0.3) is 0 Å². The lowest BCUT2D eigenvalue weighted by molar-refractivity contribution is -0.384. The highest BCUT2D eigenvalue weighted by Gasteiger charge is 2.38. The number of nitro groups is 1. The van der Waals surface area contributed by atoms with Crippen molar-refractivity contribution in [3.05, 3.63) is 45.4 Å². The lowest BCUT2D eigenvalue weighted by atomic mass is 10.0. The first-order valence-corrected chi connectivity index (χ1v) is 6.80. The van der Waals surface area contributed by atoms with Gasteiger partial charge in [-0.05, 0) is 11.5 Å². The average Bonchev–Trinajstić information content (AvgIpc) is 2.77. The number of carbonyl (C=O) groups is 1. The van der Waals surface area contributed by atoms with Crippen LogP contribution in [0.5, 0.6) is 0 Å². The Labute approximate surface area is 106 Å². The van der Waals surface area contributed by atoms with E-state index in [2.05, 4.69) is 0 Å². The molecular formula is C11H7NO3S2. The summed E-state index contributed by atoms with van der Waals surface area (Å²) in [4.78, 5) is 23.2. The zero-order valence-electron chi connectivity index (χ0n) is 8.53. The lowest BCUT2D eigenvalue weighted by Crippen LogP contribution is -2.29. The molecule has 2 unspecified atom stereocenters. The summed E-state index contributed by atoms with van der Waals surface area (Å²) < 4.78 is 0. The molecule has 2 heterocycles. The molecule has 4 nitrogen and oxygen atoms in total. The van der Waals surface area contributed by atoms with E-state index in [0.29, 0.717) is 5.56 Å². The van der Waals surface area contributed by atoms with Crippen LogP contribution in [0.15, 0.2) is 34.6 Å². The van der Waals surface area contributed by atoms with Crippen molar-refractivity contribution in [3.63, 3.8) is 0 Å². The third kappa shape index (κ3) is 1.68. The number of thioether (sulfide) groups is 2. The summed E-state index contributed by atoms with van der Waals surface area (Å²) in [6.07, 6.45) is 2.02. The summed E-state index contributed by atoms with van der Waals surface area (Å²) >= 11 is 3.09. The Bertz CT molecular complexity index is 556. The molecule has 2 aliphatic heterocycles. The van der Waals surface area contributed by atoms with Gasteiger partial charge >= 0.3 is 0 Å². The number of ketones is 1. The molecule has 0 aromatic heterocycles. The first-order valence-electron chi connectivity index (χ1n) is 4.98. The standard InChI is InChI=1S/C11H7NO3S2/c13-10-7-5-6(12(14)15)1-2-8(7)17-9-3-4-16-11(9)10/h1-5,9,11H. The van der Waals surface area contributed by atoms with Crippen molar-refractivity contribution in [2.24, 2.45) is 0 Å². The molecule has 2 aliphatic rings. The van der Waals surface area contributed by atoms with Crippen LogP contribution in [0.3, 0.4) is 0 Å². The van der Waals surface area contributed by atoms with E-state index in [1.165, 1.54) is 23.9 Å². The molecule has 0 saturated carbocycles. The van der Waals surface area contributed by atoms with Gasteiger partial charge in [-0.3, -0.25) is 14.9 Å². The second-order valence-electron chi connectivity index (χ2n) is 3.77. The first kappa shape index (κ1) is 10.9. The summed E-state index contributed by atoms with van der Waals surface area (Å²) in [5.41, 5.74) is 0.466. The van der Waals surface area contributed by atoms with Crippen LogP contribution in [0.4, 0.5) is 5.69 Å². The maximum absolute atomic E-state index is 12.2. The number of Topliss-reactive ketones (excluding diaryl/α,β-unsaturated/α-hetero) is 1. The lowest BCUT2D eigenvalue weighted by Gasteiger charge is -2.24. The summed E-state index contributed by atoms with van der Waals surface area (Å²) in [5.74, 6) is 0.00227. The average molecular weight is 265 g/mol. The minimum absolute atomic E-state index is 0.00227. The molecule has 0 N–H and O–H groups in total. The van der Waals surface area contributed by atoms with E-state index < -0.39 is 4.92 Å². The zero-order valence-corrected chi connectivity index (χ0v) is 10.2. The zero-order chi connectivity index (χ0) is 12.0. The van der Waals surface area contributed by atoms with E-state index >= 15 is 0 Å². The number of hydrogen-bond acceptors (Lipinski definition) is 5. The van der Waals surface area contributed by atoms with Crippen molar-refractivity contribution >= 4 is 35.0 Å². The predicted octanol–water partition coefficient (Wildman–Crippen LogP) is 2.88. The number of rotatable bonds is 1. The summed E-state index contributed by atoms with van der Waals surface area (Å²) in [6, 6.07) is 4.51. The van der Waals surface area contributed by atoms with Gasteiger partial charge in [-0.2, -0.15) is 0 Å². The maximum atomic E-state index is 12.2. The van der Waals surface area contributed by atoms with Gasteiger partial charge in [0.05, 0.1) is 10.2 Å². The molecule has 1 aromatic rings. The third-order valence-corrected chi connectivity index (χ3v) is 5.35. The fourth-order valence-corrected chi connectivity index (χ4v) is 4.44. The number of nitrogens with zero attached hydrogens (tertiary/aromatic N) is 1. The quantitative estimate of drug-likeness (QED) is 0.577. The largest absolute Gasteiger partial charge is 0.293 e. The van der Waals surface area contributed by atoms with Crippen molar-refractivity contribution in [2.45, 2.75) is 15.4 Å². The molecule has 0 saturated heterocycles. The molecule has 0 spiro atoms.